The maximum atomic E-state index is 10.9. The summed E-state index contributed by atoms with van der Waals surface area (Å²) in [6.07, 6.45) is 8.67. The van der Waals surface area contributed by atoms with Crippen molar-refractivity contribution in [3.05, 3.63) is 23.8 Å². The summed E-state index contributed by atoms with van der Waals surface area (Å²) < 4.78 is 10.7. The molecule has 0 saturated carbocycles. The molecule has 1 aromatic carbocycles. The minimum Gasteiger partial charge on any atom is -0.454 e. The summed E-state index contributed by atoms with van der Waals surface area (Å²) in [5.74, 6) is 1.79. The van der Waals surface area contributed by atoms with Gasteiger partial charge in [0.25, 0.3) is 0 Å². The molecule has 1 heterocycles. The largest absolute Gasteiger partial charge is 0.454 e. The third kappa shape index (κ3) is 6.61. The fourth-order valence-electron chi connectivity index (χ4n) is 2.95. The summed E-state index contributed by atoms with van der Waals surface area (Å²) in [4.78, 5) is 10.9. The topological polar surface area (TPSA) is 55.8 Å². The number of rotatable bonds is 11. The molecule has 23 heavy (non-hydrogen) atoms. The molecule has 4 nitrogen and oxygen atoms in total. The molecule has 2 rings (SSSR count). The van der Waals surface area contributed by atoms with E-state index in [2.05, 4.69) is 12.1 Å². The highest BCUT2D eigenvalue weighted by Gasteiger charge is 2.12. The Kier molecular flexibility index (Phi) is 7.40. The molecule has 1 atom stereocenters. The van der Waals surface area contributed by atoms with Gasteiger partial charge in [-0.3, -0.25) is 4.79 Å². The van der Waals surface area contributed by atoms with Crippen LogP contribution >= 0.6 is 0 Å². The zero-order valence-electron chi connectivity index (χ0n) is 14.1. The zero-order chi connectivity index (χ0) is 16.5. The molecular formula is C19H28O4. The molecule has 4 heteroatoms. The minimum atomic E-state index is -0.446. The summed E-state index contributed by atoms with van der Waals surface area (Å²) in [5.41, 5.74) is 1.31. The van der Waals surface area contributed by atoms with Crippen LogP contribution in [0, 0.1) is 0 Å². The fraction of sp³-hybridized carbons (Fsp3) is 0.632. The van der Waals surface area contributed by atoms with E-state index >= 15 is 0 Å². The predicted octanol–water partition coefficient (Wildman–Crippen LogP) is 4.03. The van der Waals surface area contributed by atoms with Crippen molar-refractivity contribution in [2.75, 3.05) is 6.79 Å². The number of aryl methyl sites for hydroxylation is 1. The van der Waals surface area contributed by atoms with Crippen molar-refractivity contribution in [1.82, 2.24) is 0 Å². The second kappa shape index (κ2) is 9.56. The molecular weight excluding hydrogens is 292 g/mol. The number of carbonyl (C=O) groups is 1. The minimum absolute atomic E-state index is 0.0704. The fourth-order valence-corrected chi connectivity index (χ4v) is 2.95. The van der Waals surface area contributed by atoms with Crippen molar-refractivity contribution in [1.29, 1.82) is 0 Å². The second-order valence-electron chi connectivity index (χ2n) is 6.41. The van der Waals surface area contributed by atoms with Crippen LogP contribution in [0.4, 0.5) is 0 Å². The highest BCUT2D eigenvalue weighted by molar-refractivity contribution is 5.75. The normalized spacial score (nSPS) is 14.0. The van der Waals surface area contributed by atoms with Gasteiger partial charge in [0, 0.05) is 6.42 Å². The first-order valence-electron chi connectivity index (χ1n) is 8.71. The molecule has 1 aliphatic heterocycles. The molecule has 0 aliphatic carbocycles. The molecule has 0 spiro atoms. The third-order valence-electron chi connectivity index (χ3n) is 4.21. The number of benzene rings is 1. The molecule has 0 aromatic heterocycles. The van der Waals surface area contributed by atoms with Crippen LogP contribution in [0.1, 0.15) is 63.9 Å². The average molecular weight is 320 g/mol. The van der Waals surface area contributed by atoms with Crippen molar-refractivity contribution in [2.45, 2.75) is 70.8 Å². The number of carbonyl (C=O) groups excluding carboxylic acids is 1. The molecule has 1 aliphatic rings. The van der Waals surface area contributed by atoms with Gasteiger partial charge in [-0.05, 0) is 43.9 Å². The Balaban J connectivity index is 1.47. The molecule has 1 aromatic rings. The number of ketones is 1. The lowest BCUT2D eigenvalue weighted by molar-refractivity contribution is -0.118. The van der Waals surface area contributed by atoms with E-state index in [4.69, 9.17) is 9.47 Å². The zero-order valence-corrected chi connectivity index (χ0v) is 14.1. The molecule has 128 valence electrons. The van der Waals surface area contributed by atoms with Crippen LogP contribution in [0.15, 0.2) is 18.2 Å². The van der Waals surface area contributed by atoms with Crippen molar-refractivity contribution in [3.63, 3.8) is 0 Å². The highest BCUT2D eigenvalue weighted by Crippen LogP contribution is 2.32. The van der Waals surface area contributed by atoms with E-state index < -0.39 is 6.10 Å². The maximum absolute atomic E-state index is 10.9. The molecule has 0 unspecified atom stereocenters. The molecule has 0 amide bonds. The maximum Gasteiger partial charge on any atom is 0.231 e. The van der Waals surface area contributed by atoms with Crippen molar-refractivity contribution >= 4 is 5.78 Å². The van der Waals surface area contributed by atoms with E-state index in [1.807, 2.05) is 6.07 Å². The molecule has 0 fully saturated rings. The molecule has 0 bridgehead atoms. The van der Waals surface area contributed by atoms with E-state index in [9.17, 15) is 9.90 Å². The van der Waals surface area contributed by atoms with Crippen LogP contribution in [-0.2, 0) is 11.2 Å². The average Bonchev–Trinajstić information content (AvgIpc) is 2.96. The lowest BCUT2D eigenvalue weighted by Gasteiger charge is -2.08. The Morgan fingerprint density at radius 2 is 1.78 bits per heavy atom. The van der Waals surface area contributed by atoms with Crippen LogP contribution in [0.25, 0.3) is 0 Å². The second-order valence-corrected chi connectivity index (χ2v) is 6.41. The highest BCUT2D eigenvalue weighted by atomic mass is 16.7. The van der Waals surface area contributed by atoms with Gasteiger partial charge in [-0.25, -0.2) is 0 Å². The van der Waals surface area contributed by atoms with Crippen LogP contribution in [0.2, 0.25) is 0 Å². The van der Waals surface area contributed by atoms with E-state index in [1.54, 1.807) is 0 Å². The predicted molar refractivity (Wildman–Crippen MR) is 89.9 cm³/mol. The van der Waals surface area contributed by atoms with Gasteiger partial charge in [0.05, 0.1) is 6.10 Å². The van der Waals surface area contributed by atoms with Gasteiger partial charge in [0.15, 0.2) is 11.5 Å². The van der Waals surface area contributed by atoms with Crippen molar-refractivity contribution in [3.8, 4) is 11.5 Å². The van der Waals surface area contributed by atoms with Crippen molar-refractivity contribution < 1.29 is 19.4 Å². The summed E-state index contributed by atoms with van der Waals surface area (Å²) in [5, 5.41) is 9.61. The lowest BCUT2D eigenvalue weighted by atomic mass is 10.0. The Bertz CT molecular complexity index is 498. The van der Waals surface area contributed by atoms with Gasteiger partial charge >= 0.3 is 0 Å². The summed E-state index contributed by atoms with van der Waals surface area (Å²) in [6, 6.07) is 6.19. The summed E-state index contributed by atoms with van der Waals surface area (Å²) in [6.45, 7) is 1.86. The van der Waals surface area contributed by atoms with Gasteiger partial charge in [-0.2, -0.15) is 0 Å². The number of fused-ring (bicyclic) bond motifs is 1. The molecule has 0 radical (unpaired) electrons. The standard InChI is InChI=1S/C19H28O4/c1-15(20)12-17(21)9-7-5-3-2-4-6-8-16-10-11-18-19(13-16)23-14-22-18/h10-11,13,17,21H,2-9,12,14H2,1H3/t17-/m1/s1. The number of hydrogen-bond donors (Lipinski definition) is 1. The number of Topliss-reactive ketones (excluding diaryl/α,β-unsaturated/α-hetero) is 1. The van der Waals surface area contributed by atoms with Crippen molar-refractivity contribution in [2.24, 2.45) is 0 Å². The number of unbranched alkanes of at least 4 members (excludes halogenated alkanes) is 5. The Morgan fingerprint density at radius 3 is 2.57 bits per heavy atom. The Labute approximate surface area is 138 Å². The number of hydrogen-bond acceptors (Lipinski definition) is 4. The summed E-state index contributed by atoms with van der Waals surface area (Å²) in [7, 11) is 0. The van der Waals surface area contributed by atoms with Gasteiger partial charge in [0.2, 0.25) is 6.79 Å². The first-order chi connectivity index (χ1) is 11.1. The van der Waals surface area contributed by atoms with Crippen LogP contribution < -0.4 is 9.47 Å². The SMILES string of the molecule is CC(=O)C[C@H](O)CCCCCCCCc1ccc2c(c1)OCO2. The van der Waals surface area contributed by atoms with E-state index in [1.165, 1.54) is 38.2 Å². The van der Waals surface area contributed by atoms with E-state index in [0.717, 1.165) is 37.2 Å². The smallest absolute Gasteiger partial charge is 0.231 e. The quantitative estimate of drug-likeness (QED) is 0.625. The van der Waals surface area contributed by atoms with E-state index in [-0.39, 0.29) is 5.78 Å². The number of ether oxygens (including phenoxy) is 2. The van der Waals surface area contributed by atoms with Gasteiger partial charge in [-0.15, -0.1) is 0 Å². The lowest BCUT2D eigenvalue weighted by Crippen LogP contribution is -2.10. The van der Waals surface area contributed by atoms with Gasteiger partial charge in [-0.1, -0.05) is 38.2 Å². The van der Waals surface area contributed by atoms with Gasteiger partial charge < -0.3 is 14.6 Å². The monoisotopic (exact) mass is 320 g/mol. The van der Waals surface area contributed by atoms with Crippen LogP contribution in [-0.4, -0.2) is 23.8 Å². The third-order valence-corrected chi connectivity index (χ3v) is 4.21. The first-order valence-corrected chi connectivity index (χ1v) is 8.71. The van der Waals surface area contributed by atoms with Crippen LogP contribution in [0.5, 0.6) is 11.5 Å². The number of aliphatic hydroxyl groups is 1. The molecule has 1 N–H and O–H groups in total. The number of aliphatic hydroxyl groups excluding tert-OH is 1. The van der Waals surface area contributed by atoms with Crippen LogP contribution in [0.3, 0.4) is 0 Å². The van der Waals surface area contributed by atoms with Gasteiger partial charge in [0.1, 0.15) is 5.78 Å². The summed E-state index contributed by atoms with van der Waals surface area (Å²) >= 11 is 0. The molecule has 0 saturated heterocycles. The van der Waals surface area contributed by atoms with E-state index in [0.29, 0.717) is 13.2 Å². The first kappa shape index (κ1) is 17.8. The Hall–Kier alpha value is -1.55. The Morgan fingerprint density at radius 1 is 1.09 bits per heavy atom.